The van der Waals surface area contributed by atoms with Crippen LogP contribution in [0.4, 0.5) is 0 Å². The summed E-state index contributed by atoms with van der Waals surface area (Å²) in [6, 6.07) is 10.4. The summed E-state index contributed by atoms with van der Waals surface area (Å²) in [5, 5.41) is 10.6. The van der Waals surface area contributed by atoms with Crippen LogP contribution in [0.2, 0.25) is 5.02 Å². The molecule has 0 aromatic heterocycles. The molecular formula is C18H24ClNO3S2. The van der Waals surface area contributed by atoms with Gasteiger partial charge in [0.2, 0.25) is 10.0 Å². The van der Waals surface area contributed by atoms with Crippen molar-refractivity contribution in [1.82, 2.24) is 4.72 Å². The van der Waals surface area contributed by atoms with E-state index in [9.17, 15) is 8.42 Å². The zero-order valence-corrected chi connectivity index (χ0v) is 16.5. The SMILES string of the molecule is O=S(=O)(NCCCCCCSCCO)c1cccc2c(Cl)cccc12. The number of aliphatic hydroxyl groups excluding tert-OH is 1. The molecule has 2 aromatic rings. The third kappa shape index (κ3) is 6.15. The number of hydrogen-bond acceptors (Lipinski definition) is 4. The molecule has 4 nitrogen and oxygen atoms in total. The van der Waals surface area contributed by atoms with E-state index in [4.69, 9.17) is 16.7 Å². The molecule has 0 fully saturated rings. The molecule has 0 aliphatic rings. The van der Waals surface area contributed by atoms with Crippen LogP contribution in [0.1, 0.15) is 25.7 Å². The fraction of sp³-hybridized carbons (Fsp3) is 0.444. The third-order valence-corrected chi connectivity index (χ3v) is 6.76. The number of benzene rings is 2. The van der Waals surface area contributed by atoms with Crippen LogP contribution in [0, 0.1) is 0 Å². The highest BCUT2D eigenvalue weighted by atomic mass is 35.5. The van der Waals surface area contributed by atoms with Crippen molar-refractivity contribution in [3.8, 4) is 0 Å². The lowest BCUT2D eigenvalue weighted by Gasteiger charge is -2.10. The van der Waals surface area contributed by atoms with Crippen LogP contribution in [0.15, 0.2) is 41.3 Å². The standard InChI is InChI=1S/C18H24ClNO3S2/c19-17-9-5-8-16-15(17)7-6-10-18(16)25(22,23)20-11-3-1-2-4-13-24-14-12-21/h5-10,20-21H,1-4,11-14H2. The largest absolute Gasteiger partial charge is 0.396 e. The van der Waals surface area contributed by atoms with E-state index in [-0.39, 0.29) is 11.5 Å². The Morgan fingerprint density at radius 1 is 0.960 bits per heavy atom. The monoisotopic (exact) mass is 401 g/mol. The van der Waals surface area contributed by atoms with Crippen molar-refractivity contribution in [3.63, 3.8) is 0 Å². The molecule has 2 aromatic carbocycles. The molecule has 7 heteroatoms. The Hall–Kier alpha value is -0.790. The van der Waals surface area contributed by atoms with Crippen molar-refractivity contribution < 1.29 is 13.5 Å². The van der Waals surface area contributed by atoms with E-state index in [1.807, 2.05) is 6.07 Å². The van der Waals surface area contributed by atoms with Crippen LogP contribution in [0.3, 0.4) is 0 Å². The zero-order chi connectivity index (χ0) is 18.1. The third-order valence-electron chi connectivity index (χ3n) is 3.86. The fourth-order valence-corrected chi connectivity index (χ4v) is 4.88. The quantitative estimate of drug-likeness (QED) is 0.557. The normalized spacial score (nSPS) is 11.9. The molecule has 0 unspecified atom stereocenters. The summed E-state index contributed by atoms with van der Waals surface area (Å²) >= 11 is 7.90. The van der Waals surface area contributed by atoms with Crippen molar-refractivity contribution in [3.05, 3.63) is 41.4 Å². The van der Waals surface area contributed by atoms with Gasteiger partial charge in [-0.2, -0.15) is 11.8 Å². The van der Waals surface area contributed by atoms with Gasteiger partial charge in [0.05, 0.1) is 11.5 Å². The van der Waals surface area contributed by atoms with Gasteiger partial charge in [-0.05, 0) is 30.7 Å². The first kappa shape index (κ1) is 20.5. The minimum absolute atomic E-state index is 0.228. The number of unbranched alkanes of at least 4 members (excludes halogenated alkanes) is 3. The minimum atomic E-state index is -3.55. The van der Waals surface area contributed by atoms with E-state index in [1.54, 1.807) is 42.1 Å². The average Bonchev–Trinajstić information content (AvgIpc) is 2.60. The Bertz CT molecular complexity index is 781. The Morgan fingerprint density at radius 2 is 1.68 bits per heavy atom. The predicted molar refractivity (Wildman–Crippen MR) is 107 cm³/mol. The molecule has 0 saturated carbocycles. The zero-order valence-electron chi connectivity index (χ0n) is 14.1. The molecule has 0 bridgehead atoms. The summed E-state index contributed by atoms with van der Waals surface area (Å²) in [7, 11) is -3.55. The van der Waals surface area contributed by atoms with Gasteiger partial charge in [0.15, 0.2) is 0 Å². The Balaban J connectivity index is 1.85. The van der Waals surface area contributed by atoms with Crippen molar-refractivity contribution in [1.29, 1.82) is 0 Å². The summed E-state index contributed by atoms with van der Waals surface area (Å²) in [4.78, 5) is 0.271. The van der Waals surface area contributed by atoms with Gasteiger partial charge in [0, 0.05) is 28.1 Å². The van der Waals surface area contributed by atoms with E-state index >= 15 is 0 Å². The molecule has 2 N–H and O–H groups in total. The number of nitrogens with one attached hydrogen (secondary N) is 1. The highest BCUT2D eigenvalue weighted by Gasteiger charge is 2.17. The lowest BCUT2D eigenvalue weighted by molar-refractivity contribution is 0.322. The topological polar surface area (TPSA) is 66.4 Å². The number of rotatable bonds is 11. The second-order valence-electron chi connectivity index (χ2n) is 5.74. The van der Waals surface area contributed by atoms with Crippen LogP contribution < -0.4 is 4.72 Å². The van der Waals surface area contributed by atoms with Crippen LogP contribution in [-0.2, 0) is 10.0 Å². The predicted octanol–water partition coefficient (Wildman–Crippen LogP) is 4.06. The van der Waals surface area contributed by atoms with Crippen LogP contribution in [0.25, 0.3) is 10.8 Å². The van der Waals surface area contributed by atoms with Crippen molar-refractivity contribution in [2.45, 2.75) is 30.6 Å². The van der Waals surface area contributed by atoms with E-state index < -0.39 is 10.0 Å². The average molecular weight is 402 g/mol. The molecule has 0 spiro atoms. The molecule has 0 radical (unpaired) electrons. The van der Waals surface area contributed by atoms with Crippen LogP contribution in [-0.4, -0.2) is 38.2 Å². The smallest absolute Gasteiger partial charge is 0.241 e. The molecule has 138 valence electrons. The van der Waals surface area contributed by atoms with Crippen LogP contribution in [0.5, 0.6) is 0 Å². The van der Waals surface area contributed by atoms with Gasteiger partial charge < -0.3 is 5.11 Å². The number of aliphatic hydroxyl groups is 1. The highest BCUT2D eigenvalue weighted by Crippen LogP contribution is 2.28. The van der Waals surface area contributed by atoms with E-state index in [0.29, 0.717) is 17.0 Å². The fourth-order valence-electron chi connectivity index (χ4n) is 2.61. The van der Waals surface area contributed by atoms with Crippen molar-refractivity contribution in [2.75, 3.05) is 24.7 Å². The molecule has 0 amide bonds. The van der Waals surface area contributed by atoms with E-state index in [1.165, 1.54) is 0 Å². The summed E-state index contributed by atoms with van der Waals surface area (Å²) in [6.45, 7) is 0.662. The first-order chi connectivity index (χ1) is 12.1. The van der Waals surface area contributed by atoms with Gasteiger partial charge in [0.1, 0.15) is 0 Å². The number of fused-ring (bicyclic) bond motifs is 1. The van der Waals surface area contributed by atoms with E-state index in [0.717, 1.165) is 42.6 Å². The number of hydrogen-bond donors (Lipinski definition) is 2. The Kier molecular flexibility index (Phi) is 8.52. The number of sulfonamides is 1. The highest BCUT2D eigenvalue weighted by molar-refractivity contribution is 7.99. The maximum Gasteiger partial charge on any atom is 0.241 e. The molecule has 0 heterocycles. The maximum absolute atomic E-state index is 12.6. The lowest BCUT2D eigenvalue weighted by Crippen LogP contribution is -2.25. The number of halogens is 1. The van der Waals surface area contributed by atoms with Gasteiger partial charge in [-0.25, -0.2) is 13.1 Å². The summed E-state index contributed by atoms with van der Waals surface area (Å²) < 4.78 is 27.9. The van der Waals surface area contributed by atoms with Crippen molar-refractivity contribution in [2.24, 2.45) is 0 Å². The second kappa shape index (κ2) is 10.4. The van der Waals surface area contributed by atoms with Gasteiger partial charge >= 0.3 is 0 Å². The first-order valence-electron chi connectivity index (χ1n) is 8.42. The molecular weight excluding hydrogens is 378 g/mol. The Labute approximate surface area is 159 Å². The maximum atomic E-state index is 12.6. The van der Waals surface area contributed by atoms with Gasteiger partial charge in [-0.3, -0.25) is 0 Å². The summed E-state index contributed by atoms with van der Waals surface area (Å²) in [5.74, 6) is 1.83. The molecule has 0 atom stereocenters. The minimum Gasteiger partial charge on any atom is -0.396 e. The molecule has 2 rings (SSSR count). The van der Waals surface area contributed by atoms with Gasteiger partial charge in [-0.1, -0.05) is 48.7 Å². The summed E-state index contributed by atoms with van der Waals surface area (Å²) in [5.41, 5.74) is 0. The van der Waals surface area contributed by atoms with Crippen LogP contribution >= 0.6 is 23.4 Å². The Morgan fingerprint density at radius 3 is 2.48 bits per heavy atom. The number of thioether (sulfide) groups is 1. The summed E-state index contributed by atoms with van der Waals surface area (Å²) in [6.07, 6.45) is 3.97. The molecule has 0 saturated heterocycles. The second-order valence-corrected chi connectivity index (χ2v) is 9.11. The van der Waals surface area contributed by atoms with Gasteiger partial charge in [0.25, 0.3) is 0 Å². The van der Waals surface area contributed by atoms with Gasteiger partial charge in [-0.15, -0.1) is 0 Å². The molecule has 25 heavy (non-hydrogen) atoms. The van der Waals surface area contributed by atoms with E-state index in [2.05, 4.69) is 4.72 Å². The first-order valence-corrected chi connectivity index (χ1v) is 11.4. The lowest BCUT2D eigenvalue weighted by atomic mass is 10.1. The molecule has 0 aliphatic carbocycles. The molecule has 0 aliphatic heterocycles. The van der Waals surface area contributed by atoms with Crippen molar-refractivity contribution >= 4 is 44.2 Å².